The Balaban J connectivity index is 1.24. The number of nitrogens with zero attached hydrogens (tertiary/aromatic N) is 4. The van der Waals surface area contributed by atoms with Crippen LogP contribution in [0.4, 0.5) is 0 Å². The summed E-state index contributed by atoms with van der Waals surface area (Å²) < 4.78 is 0. The van der Waals surface area contributed by atoms with E-state index < -0.39 is 0 Å². The van der Waals surface area contributed by atoms with Gasteiger partial charge in [0.25, 0.3) is 0 Å². The molecular formula is C22H34N4. The summed E-state index contributed by atoms with van der Waals surface area (Å²) in [4.78, 5) is 10.2. The highest BCUT2D eigenvalue weighted by molar-refractivity contribution is 5.14. The fourth-order valence-electron chi connectivity index (χ4n) is 4.94. The smallest absolute Gasteiger partial charge is 0.148 e. The van der Waals surface area contributed by atoms with E-state index in [0.717, 1.165) is 25.7 Å². The molecule has 1 aromatic rings. The molecule has 0 spiro atoms. The van der Waals surface area contributed by atoms with Crippen LogP contribution >= 0.6 is 0 Å². The molecule has 0 aliphatic carbocycles. The van der Waals surface area contributed by atoms with Crippen molar-refractivity contribution in [1.29, 1.82) is 0 Å². The van der Waals surface area contributed by atoms with Gasteiger partial charge in [-0.25, -0.2) is 0 Å². The monoisotopic (exact) mass is 354 g/mol. The predicted molar refractivity (Wildman–Crippen MR) is 106 cm³/mol. The quantitative estimate of drug-likeness (QED) is 0.805. The summed E-state index contributed by atoms with van der Waals surface area (Å²) in [5.41, 5.74) is 1.44. The standard InChI is InChI=1S/C22H34N4/c1-19-7-6-12-26(19)20(2)24-15-16-25(18-24)22-10-13-23(14-11-22)17-21-8-4-3-5-9-21/h3-5,8-9,19-20,22H,6-7,10-17H2,1-2H3/t19-,20?/m1/s1. The molecule has 142 valence electrons. The summed E-state index contributed by atoms with van der Waals surface area (Å²) in [6.45, 7) is 15.5. The normalized spacial score (nSPS) is 28.8. The molecule has 3 aliphatic rings. The van der Waals surface area contributed by atoms with Crippen molar-refractivity contribution in [3.63, 3.8) is 0 Å². The molecule has 2 atom stereocenters. The maximum absolute atomic E-state index is 3.73. The highest BCUT2D eigenvalue weighted by Gasteiger charge is 2.36. The van der Waals surface area contributed by atoms with E-state index in [9.17, 15) is 0 Å². The summed E-state index contributed by atoms with van der Waals surface area (Å²) in [6, 6.07) is 12.3. The van der Waals surface area contributed by atoms with Crippen LogP contribution in [-0.4, -0.2) is 70.6 Å². The lowest BCUT2D eigenvalue weighted by Gasteiger charge is -2.37. The third-order valence-corrected chi connectivity index (χ3v) is 6.62. The molecule has 0 N–H and O–H groups in total. The van der Waals surface area contributed by atoms with Gasteiger partial charge in [0.05, 0.1) is 6.17 Å². The van der Waals surface area contributed by atoms with Crippen molar-refractivity contribution in [3.8, 4) is 0 Å². The van der Waals surface area contributed by atoms with Crippen LogP contribution in [0.5, 0.6) is 0 Å². The maximum Gasteiger partial charge on any atom is 0.148 e. The average molecular weight is 355 g/mol. The Morgan fingerprint density at radius 2 is 1.77 bits per heavy atom. The molecule has 0 saturated carbocycles. The summed E-state index contributed by atoms with van der Waals surface area (Å²) in [5.74, 6) is 0. The third kappa shape index (κ3) is 4.14. The molecule has 2 radical (unpaired) electrons. The van der Waals surface area contributed by atoms with Gasteiger partial charge in [-0.1, -0.05) is 30.3 Å². The van der Waals surface area contributed by atoms with Gasteiger partial charge in [0, 0.05) is 31.7 Å². The molecule has 3 fully saturated rings. The zero-order valence-electron chi connectivity index (χ0n) is 16.5. The lowest BCUT2D eigenvalue weighted by molar-refractivity contribution is 0.0700. The van der Waals surface area contributed by atoms with Gasteiger partial charge in [0.2, 0.25) is 0 Å². The number of rotatable bonds is 5. The Labute approximate surface area is 159 Å². The molecule has 4 heteroatoms. The van der Waals surface area contributed by atoms with Gasteiger partial charge in [-0.15, -0.1) is 0 Å². The highest BCUT2D eigenvalue weighted by atomic mass is 15.5. The number of benzene rings is 1. The van der Waals surface area contributed by atoms with Gasteiger partial charge in [0.1, 0.15) is 6.67 Å². The van der Waals surface area contributed by atoms with Crippen molar-refractivity contribution < 1.29 is 0 Å². The first kappa shape index (κ1) is 18.4. The maximum atomic E-state index is 3.73. The molecule has 3 heterocycles. The molecule has 3 saturated heterocycles. The van der Waals surface area contributed by atoms with E-state index in [1.165, 1.54) is 50.9 Å². The Kier molecular flexibility index (Phi) is 5.94. The van der Waals surface area contributed by atoms with Crippen LogP contribution < -0.4 is 0 Å². The van der Waals surface area contributed by atoms with Gasteiger partial charge in [-0.05, 0) is 64.7 Å². The number of likely N-dealkylation sites (tertiary alicyclic amines) is 2. The third-order valence-electron chi connectivity index (χ3n) is 6.62. The van der Waals surface area contributed by atoms with E-state index in [4.69, 9.17) is 0 Å². The number of hydrogen-bond donors (Lipinski definition) is 0. The van der Waals surface area contributed by atoms with Crippen molar-refractivity contribution in [2.75, 3.05) is 32.7 Å². The van der Waals surface area contributed by atoms with E-state index in [1.54, 1.807) is 0 Å². The molecule has 3 aliphatic heterocycles. The van der Waals surface area contributed by atoms with Crippen LogP contribution in [0.3, 0.4) is 0 Å². The zero-order chi connectivity index (χ0) is 17.9. The van der Waals surface area contributed by atoms with Crippen LogP contribution in [0.1, 0.15) is 45.1 Å². The molecule has 0 amide bonds. The van der Waals surface area contributed by atoms with Crippen molar-refractivity contribution in [1.82, 2.24) is 19.6 Å². The molecule has 0 bridgehead atoms. The molecule has 0 aromatic heterocycles. The largest absolute Gasteiger partial charge is 0.299 e. The lowest BCUT2D eigenvalue weighted by Crippen LogP contribution is -2.47. The highest BCUT2D eigenvalue weighted by Crippen LogP contribution is 2.27. The topological polar surface area (TPSA) is 13.0 Å². The Morgan fingerprint density at radius 3 is 2.46 bits per heavy atom. The van der Waals surface area contributed by atoms with E-state index >= 15 is 0 Å². The summed E-state index contributed by atoms with van der Waals surface area (Å²) >= 11 is 0. The van der Waals surface area contributed by atoms with Crippen LogP contribution in [-0.2, 0) is 6.54 Å². The fraction of sp³-hybridized carbons (Fsp3) is 0.682. The molecule has 4 nitrogen and oxygen atoms in total. The second-order valence-corrected chi connectivity index (χ2v) is 8.34. The van der Waals surface area contributed by atoms with E-state index in [1.807, 2.05) is 0 Å². The summed E-state index contributed by atoms with van der Waals surface area (Å²) in [7, 11) is 0. The minimum absolute atomic E-state index is 0.496. The lowest BCUT2D eigenvalue weighted by atomic mass is 10.0. The molecule has 1 aromatic carbocycles. The Morgan fingerprint density at radius 1 is 1.00 bits per heavy atom. The van der Waals surface area contributed by atoms with Crippen molar-refractivity contribution in [2.45, 2.75) is 64.3 Å². The van der Waals surface area contributed by atoms with Gasteiger partial charge >= 0.3 is 0 Å². The number of hydrogen-bond acceptors (Lipinski definition) is 4. The first-order valence-electron chi connectivity index (χ1n) is 10.5. The average Bonchev–Trinajstić information content (AvgIpc) is 3.32. The minimum Gasteiger partial charge on any atom is -0.299 e. The summed E-state index contributed by atoms with van der Waals surface area (Å²) in [5, 5.41) is 0. The zero-order valence-corrected chi connectivity index (χ0v) is 16.5. The molecule has 26 heavy (non-hydrogen) atoms. The van der Waals surface area contributed by atoms with Gasteiger partial charge in [-0.3, -0.25) is 19.6 Å². The van der Waals surface area contributed by atoms with Crippen molar-refractivity contribution in [3.05, 3.63) is 42.6 Å². The van der Waals surface area contributed by atoms with Crippen molar-refractivity contribution >= 4 is 0 Å². The van der Waals surface area contributed by atoms with Crippen LogP contribution in [0.25, 0.3) is 0 Å². The van der Waals surface area contributed by atoms with Crippen LogP contribution in [0, 0.1) is 6.67 Å². The second-order valence-electron chi connectivity index (χ2n) is 8.34. The van der Waals surface area contributed by atoms with E-state index in [2.05, 4.69) is 70.4 Å². The predicted octanol–water partition coefficient (Wildman–Crippen LogP) is 3.10. The first-order chi connectivity index (χ1) is 12.7. The van der Waals surface area contributed by atoms with Gasteiger partial charge < -0.3 is 0 Å². The first-order valence-corrected chi connectivity index (χ1v) is 10.5. The SMILES string of the molecule is CC(N1[C]N(C2CCN(Cc3ccccc3)CC2)CC1)N1CCC[C@H]1C. The molecular weight excluding hydrogens is 320 g/mol. The van der Waals surface area contributed by atoms with E-state index in [0.29, 0.717) is 12.2 Å². The molecule has 4 rings (SSSR count). The Hall–Kier alpha value is -0.940. The Bertz CT molecular complexity index is 555. The summed E-state index contributed by atoms with van der Waals surface area (Å²) in [6.07, 6.45) is 5.73. The van der Waals surface area contributed by atoms with Gasteiger partial charge in [-0.2, -0.15) is 0 Å². The number of piperidine rings is 1. The van der Waals surface area contributed by atoms with Crippen LogP contribution in [0.2, 0.25) is 0 Å². The fourth-order valence-corrected chi connectivity index (χ4v) is 4.94. The van der Waals surface area contributed by atoms with Crippen molar-refractivity contribution in [2.24, 2.45) is 0 Å². The van der Waals surface area contributed by atoms with Gasteiger partial charge in [0.15, 0.2) is 0 Å². The molecule has 1 unspecified atom stereocenters. The minimum atomic E-state index is 0.496. The van der Waals surface area contributed by atoms with E-state index in [-0.39, 0.29) is 0 Å². The van der Waals surface area contributed by atoms with Crippen LogP contribution in [0.15, 0.2) is 30.3 Å². The second kappa shape index (κ2) is 8.39.